The molecule has 0 radical (unpaired) electrons. The van der Waals surface area contributed by atoms with Gasteiger partial charge in [-0.3, -0.25) is 10.1 Å². The molecule has 0 aliphatic heterocycles. The number of nitrogens with one attached hydrogen (secondary N) is 2. The van der Waals surface area contributed by atoms with Gasteiger partial charge in [0.05, 0.1) is 9.95 Å². The first kappa shape index (κ1) is 13.9. The van der Waals surface area contributed by atoms with Crippen LogP contribution >= 0.6 is 11.6 Å². The highest BCUT2D eigenvalue weighted by molar-refractivity contribution is 6.30. The van der Waals surface area contributed by atoms with Crippen molar-refractivity contribution in [2.75, 3.05) is 10.7 Å². The highest BCUT2D eigenvalue weighted by atomic mass is 35.5. The molecule has 1 heterocycles. The third-order valence-electron chi connectivity index (χ3n) is 2.32. The van der Waals surface area contributed by atoms with Gasteiger partial charge < -0.3 is 10.7 Å². The fourth-order valence-electron chi connectivity index (χ4n) is 1.46. The van der Waals surface area contributed by atoms with Gasteiger partial charge in [-0.05, 0) is 18.2 Å². The molecule has 0 amide bonds. The molecule has 0 saturated carbocycles. The number of anilines is 3. The molecule has 10 heteroatoms. The van der Waals surface area contributed by atoms with Gasteiger partial charge >= 0.3 is 5.69 Å². The number of aromatic nitrogens is 2. The van der Waals surface area contributed by atoms with E-state index < -0.39 is 16.4 Å². The zero-order chi connectivity index (χ0) is 14.7. The molecule has 0 aliphatic carbocycles. The first-order chi connectivity index (χ1) is 9.52. The van der Waals surface area contributed by atoms with Crippen LogP contribution in [0.25, 0.3) is 0 Å². The van der Waals surface area contributed by atoms with Gasteiger partial charge in [-0.15, -0.1) is 0 Å². The number of benzene rings is 1. The van der Waals surface area contributed by atoms with Crippen molar-refractivity contribution in [1.82, 2.24) is 9.97 Å². The summed E-state index contributed by atoms with van der Waals surface area (Å²) in [6.45, 7) is 0. The van der Waals surface area contributed by atoms with Crippen molar-refractivity contribution in [3.63, 3.8) is 0 Å². The van der Waals surface area contributed by atoms with Crippen LogP contribution in [0, 0.1) is 15.9 Å². The summed E-state index contributed by atoms with van der Waals surface area (Å²) >= 11 is 5.55. The summed E-state index contributed by atoms with van der Waals surface area (Å²) in [5.74, 6) is 4.19. The van der Waals surface area contributed by atoms with E-state index in [0.717, 1.165) is 12.4 Å². The van der Waals surface area contributed by atoms with Crippen molar-refractivity contribution < 1.29 is 9.31 Å². The minimum Gasteiger partial charge on any atom is -0.334 e. The van der Waals surface area contributed by atoms with E-state index in [1.807, 2.05) is 0 Å². The monoisotopic (exact) mass is 298 g/mol. The second-order valence-corrected chi connectivity index (χ2v) is 3.98. The molecule has 0 saturated heterocycles. The van der Waals surface area contributed by atoms with Crippen LogP contribution < -0.4 is 16.6 Å². The molecular weight excluding hydrogens is 291 g/mol. The van der Waals surface area contributed by atoms with Gasteiger partial charge in [-0.25, -0.2) is 20.2 Å². The van der Waals surface area contributed by atoms with Crippen molar-refractivity contribution in [3.8, 4) is 0 Å². The Morgan fingerprint density at radius 3 is 2.65 bits per heavy atom. The summed E-state index contributed by atoms with van der Waals surface area (Å²) in [6.07, 6.45) is 1.08. The Labute approximate surface area is 116 Å². The minimum atomic E-state index is -0.705. The maximum absolute atomic E-state index is 13.3. The normalized spacial score (nSPS) is 10.2. The van der Waals surface area contributed by atoms with Crippen molar-refractivity contribution in [2.45, 2.75) is 0 Å². The van der Waals surface area contributed by atoms with E-state index in [0.29, 0.717) is 0 Å². The molecule has 104 valence electrons. The smallest absolute Gasteiger partial charge is 0.334 e. The number of nitrogen functional groups attached to an aromatic ring is 1. The number of nitrogens with two attached hydrogens (primary N) is 1. The lowest BCUT2D eigenvalue weighted by atomic mass is 10.3. The number of halogens is 2. The molecular formula is C10H8ClFN6O2. The van der Waals surface area contributed by atoms with Crippen LogP contribution in [-0.2, 0) is 0 Å². The second kappa shape index (κ2) is 5.63. The molecule has 20 heavy (non-hydrogen) atoms. The van der Waals surface area contributed by atoms with Crippen LogP contribution in [0.5, 0.6) is 0 Å². The van der Waals surface area contributed by atoms with Gasteiger partial charge in [0.2, 0.25) is 11.6 Å². The van der Waals surface area contributed by atoms with E-state index in [2.05, 4.69) is 20.7 Å². The summed E-state index contributed by atoms with van der Waals surface area (Å²) in [4.78, 5) is 17.7. The topological polar surface area (TPSA) is 119 Å². The average Bonchev–Trinajstić information content (AvgIpc) is 2.42. The van der Waals surface area contributed by atoms with Gasteiger partial charge in [0, 0.05) is 5.69 Å². The third-order valence-corrected chi connectivity index (χ3v) is 2.63. The number of rotatable bonds is 4. The van der Waals surface area contributed by atoms with Gasteiger partial charge in [0.15, 0.2) is 0 Å². The van der Waals surface area contributed by atoms with Crippen LogP contribution in [0.4, 0.5) is 27.4 Å². The maximum Gasteiger partial charge on any atom is 0.354 e. The number of nitrogens with zero attached hydrogens (tertiary/aromatic N) is 3. The lowest BCUT2D eigenvalue weighted by molar-refractivity contribution is -0.383. The maximum atomic E-state index is 13.3. The molecule has 1 aromatic heterocycles. The largest absolute Gasteiger partial charge is 0.354 e. The second-order valence-electron chi connectivity index (χ2n) is 3.57. The molecule has 2 rings (SSSR count). The average molecular weight is 299 g/mol. The summed E-state index contributed by atoms with van der Waals surface area (Å²) in [6, 6.07) is 3.85. The van der Waals surface area contributed by atoms with Gasteiger partial charge in [-0.1, -0.05) is 11.6 Å². The van der Waals surface area contributed by atoms with Crippen molar-refractivity contribution in [2.24, 2.45) is 5.84 Å². The zero-order valence-electron chi connectivity index (χ0n) is 9.80. The number of hydrazine groups is 1. The number of nitro groups is 1. The Kier molecular flexibility index (Phi) is 3.91. The predicted molar refractivity (Wildman–Crippen MR) is 71.2 cm³/mol. The SMILES string of the molecule is NNc1ncnc(Nc2ccc(Cl)c(F)c2)c1[N+](=O)[O-]. The van der Waals surface area contributed by atoms with E-state index >= 15 is 0 Å². The number of hydrogen-bond acceptors (Lipinski definition) is 7. The first-order valence-electron chi connectivity index (χ1n) is 5.21. The Balaban J connectivity index is 2.42. The van der Waals surface area contributed by atoms with Crippen LogP contribution in [0.1, 0.15) is 0 Å². The highest BCUT2D eigenvalue weighted by Crippen LogP contribution is 2.31. The Hall–Kier alpha value is -2.52. The summed E-state index contributed by atoms with van der Waals surface area (Å²) in [5.41, 5.74) is 1.89. The van der Waals surface area contributed by atoms with Crippen molar-refractivity contribution >= 4 is 34.6 Å². The molecule has 8 nitrogen and oxygen atoms in total. The van der Waals surface area contributed by atoms with E-state index in [-0.39, 0.29) is 22.3 Å². The molecule has 0 unspecified atom stereocenters. The molecule has 0 spiro atoms. The molecule has 2 aromatic rings. The molecule has 0 fully saturated rings. The summed E-state index contributed by atoms with van der Waals surface area (Å²) in [7, 11) is 0. The Morgan fingerprint density at radius 2 is 2.05 bits per heavy atom. The van der Waals surface area contributed by atoms with Gasteiger partial charge in [-0.2, -0.15) is 0 Å². The van der Waals surface area contributed by atoms with Crippen molar-refractivity contribution in [3.05, 3.63) is 45.5 Å². The fourth-order valence-corrected chi connectivity index (χ4v) is 1.58. The Bertz CT molecular complexity index is 668. The van der Waals surface area contributed by atoms with E-state index in [4.69, 9.17) is 17.4 Å². The predicted octanol–water partition coefficient (Wildman–Crippen LogP) is 2.21. The van der Waals surface area contributed by atoms with Crippen LogP contribution in [0.15, 0.2) is 24.5 Å². The summed E-state index contributed by atoms with van der Waals surface area (Å²) < 4.78 is 13.3. The van der Waals surface area contributed by atoms with Crippen LogP contribution in [0.3, 0.4) is 0 Å². The fraction of sp³-hybridized carbons (Fsp3) is 0. The van der Waals surface area contributed by atoms with Gasteiger partial charge in [0.1, 0.15) is 12.1 Å². The quantitative estimate of drug-likeness (QED) is 0.449. The standard InChI is InChI=1S/C10H8ClFN6O2/c11-6-2-1-5(3-7(6)12)16-9-8(18(19)20)10(17-13)15-4-14-9/h1-4H,13H2,(H2,14,15,16,17). The zero-order valence-corrected chi connectivity index (χ0v) is 10.6. The lowest BCUT2D eigenvalue weighted by Crippen LogP contribution is -2.12. The van der Waals surface area contributed by atoms with Crippen molar-refractivity contribution in [1.29, 1.82) is 0 Å². The molecule has 0 aliphatic rings. The third kappa shape index (κ3) is 2.73. The van der Waals surface area contributed by atoms with E-state index in [1.54, 1.807) is 0 Å². The van der Waals surface area contributed by atoms with E-state index in [9.17, 15) is 14.5 Å². The number of hydrogen-bond donors (Lipinski definition) is 3. The first-order valence-corrected chi connectivity index (χ1v) is 5.59. The molecule has 4 N–H and O–H groups in total. The van der Waals surface area contributed by atoms with Gasteiger partial charge in [0.25, 0.3) is 0 Å². The molecule has 0 atom stereocenters. The van der Waals surface area contributed by atoms with Crippen LogP contribution in [-0.4, -0.2) is 14.9 Å². The summed E-state index contributed by atoms with van der Waals surface area (Å²) in [5, 5.41) is 13.6. The molecule has 1 aromatic carbocycles. The van der Waals surface area contributed by atoms with E-state index in [1.165, 1.54) is 12.1 Å². The van der Waals surface area contributed by atoms with Crippen LogP contribution in [0.2, 0.25) is 5.02 Å². The lowest BCUT2D eigenvalue weighted by Gasteiger charge is -2.08. The minimum absolute atomic E-state index is 0.0583. The molecule has 0 bridgehead atoms. The highest BCUT2D eigenvalue weighted by Gasteiger charge is 2.22. The Morgan fingerprint density at radius 1 is 1.35 bits per heavy atom.